The van der Waals surface area contributed by atoms with Crippen molar-refractivity contribution in [2.45, 2.75) is 148 Å². The highest BCUT2D eigenvalue weighted by atomic mass is 16.5. The van der Waals surface area contributed by atoms with Crippen molar-refractivity contribution in [3.8, 4) is 0 Å². The van der Waals surface area contributed by atoms with Gasteiger partial charge in [-0.25, -0.2) is 0 Å². The van der Waals surface area contributed by atoms with Gasteiger partial charge in [-0.1, -0.05) is 83.8 Å². The number of hydrogen-bond acceptors (Lipinski definition) is 3. The number of unbranched alkanes of at least 4 members (excludes halogenated alkanes) is 12. The number of aliphatic carboxylic acids is 1. The number of allylic oxidation sites excluding steroid dienone is 2. The van der Waals surface area contributed by atoms with Gasteiger partial charge in [0, 0.05) is 12.8 Å². The maximum absolute atomic E-state index is 12.1. The van der Waals surface area contributed by atoms with Crippen LogP contribution in [0.4, 0.5) is 0 Å². The molecule has 0 bridgehead atoms. The molecule has 0 aromatic heterocycles. The van der Waals surface area contributed by atoms with Crippen molar-refractivity contribution in [1.29, 1.82) is 0 Å². The highest BCUT2D eigenvalue weighted by molar-refractivity contribution is 5.69. The molecular formula is C27H50O4. The molecule has 0 aliphatic carbocycles. The van der Waals surface area contributed by atoms with Crippen molar-refractivity contribution >= 4 is 11.9 Å². The van der Waals surface area contributed by atoms with Crippen LogP contribution in [-0.2, 0) is 14.3 Å². The number of carbonyl (C=O) groups excluding carboxylic acids is 1. The topological polar surface area (TPSA) is 63.6 Å². The first kappa shape index (κ1) is 29.7. The van der Waals surface area contributed by atoms with E-state index >= 15 is 0 Å². The lowest BCUT2D eigenvalue weighted by Gasteiger charge is -2.17. The molecule has 0 aromatic carbocycles. The number of hydrogen-bond donors (Lipinski definition) is 1. The van der Waals surface area contributed by atoms with Gasteiger partial charge in [0.05, 0.1) is 0 Å². The maximum Gasteiger partial charge on any atom is 0.306 e. The molecule has 0 saturated carbocycles. The zero-order valence-corrected chi connectivity index (χ0v) is 20.5. The molecule has 1 unspecified atom stereocenters. The highest BCUT2D eigenvalue weighted by Gasteiger charge is 2.13. The van der Waals surface area contributed by atoms with Crippen LogP contribution in [0.2, 0.25) is 0 Å². The van der Waals surface area contributed by atoms with Crippen molar-refractivity contribution in [1.82, 2.24) is 0 Å². The number of esters is 1. The average Bonchev–Trinajstić information content (AvgIpc) is 2.73. The van der Waals surface area contributed by atoms with Crippen LogP contribution in [0.3, 0.4) is 0 Å². The summed E-state index contributed by atoms with van der Waals surface area (Å²) in [5, 5.41) is 8.68. The fourth-order valence-electron chi connectivity index (χ4n) is 3.82. The smallest absolute Gasteiger partial charge is 0.306 e. The van der Waals surface area contributed by atoms with Gasteiger partial charge in [-0.2, -0.15) is 0 Å². The molecule has 0 amide bonds. The first-order valence-corrected chi connectivity index (χ1v) is 13.2. The summed E-state index contributed by atoms with van der Waals surface area (Å²) >= 11 is 0. The van der Waals surface area contributed by atoms with Crippen molar-refractivity contribution in [2.75, 3.05) is 0 Å². The van der Waals surface area contributed by atoms with E-state index in [2.05, 4.69) is 26.0 Å². The Hall–Kier alpha value is -1.32. The van der Waals surface area contributed by atoms with Gasteiger partial charge in [0.25, 0.3) is 0 Å². The third-order valence-corrected chi connectivity index (χ3v) is 5.72. The van der Waals surface area contributed by atoms with Crippen molar-refractivity contribution < 1.29 is 19.4 Å². The Bertz CT molecular complexity index is 445. The van der Waals surface area contributed by atoms with Crippen LogP contribution in [-0.4, -0.2) is 23.1 Å². The second-order valence-electron chi connectivity index (χ2n) is 8.87. The second kappa shape index (κ2) is 23.3. The van der Waals surface area contributed by atoms with E-state index in [1.807, 2.05) is 0 Å². The molecule has 0 radical (unpaired) electrons. The summed E-state index contributed by atoms with van der Waals surface area (Å²) in [5.41, 5.74) is 0. The summed E-state index contributed by atoms with van der Waals surface area (Å²) in [6.45, 7) is 4.36. The molecule has 0 heterocycles. The first-order valence-electron chi connectivity index (χ1n) is 13.2. The summed E-state index contributed by atoms with van der Waals surface area (Å²) in [7, 11) is 0. The van der Waals surface area contributed by atoms with E-state index in [1.54, 1.807) is 0 Å². The van der Waals surface area contributed by atoms with Crippen LogP contribution < -0.4 is 0 Å². The zero-order chi connectivity index (χ0) is 23.0. The van der Waals surface area contributed by atoms with E-state index in [-0.39, 0.29) is 18.5 Å². The summed E-state index contributed by atoms with van der Waals surface area (Å²) in [6, 6.07) is 0. The fourth-order valence-corrected chi connectivity index (χ4v) is 3.82. The molecule has 0 aliphatic heterocycles. The molecule has 182 valence electrons. The lowest BCUT2D eigenvalue weighted by molar-refractivity contribution is -0.150. The van der Waals surface area contributed by atoms with Gasteiger partial charge < -0.3 is 9.84 Å². The molecule has 0 saturated heterocycles. The van der Waals surface area contributed by atoms with E-state index in [9.17, 15) is 9.59 Å². The average molecular weight is 439 g/mol. The van der Waals surface area contributed by atoms with E-state index in [4.69, 9.17) is 9.84 Å². The number of carbonyl (C=O) groups is 2. The molecule has 1 N–H and O–H groups in total. The summed E-state index contributed by atoms with van der Waals surface area (Å²) in [5.74, 6) is -0.799. The van der Waals surface area contributed by atoms with Crippen LogP contribution in [0.1, 0.15) is 142 Å². The van der Waals surface area contributed by atoms with Gasteiger partial charge in [-0.15, -0.1) is 0 Å². The Morgan fingerprint density at radius 2 is 1.23 bits per heavy atom. The van der Waals surface area contributed by atoms with Crippen molar-refractivity contribution in [3.05, 3.63) is 12.2 Å². The van der Waals surface area contributed by atoms with Crippen LogP contribution in [0, 0.1) is 0 Å². The Labute approximate surface area is 192 Å². The SMILES string of the molecule is CCCCCCC/C=C\CCCCCCCC(=O)OC(CCC)CCCCCC(=O)O. The van der Waals surface area contributed by atoms with E-state index in [1.165, 1.54) is 64.2 Å². The Morgan fingerprint density at radius 1 is 0.677 bits per heavy atom. The minimum atomic E-state index is -0.735. The maximum atomic E-state index is 12.1. The first-order chi connectivity index (χ1) is 15.1. The van der Waals surface area contributed by atoms with Crippen LogP contribution >= 0.6 is 0 Å². The monoisotopic (exact) mass is 438 g/mol. The van der Waals surface area contributed by atoms with Gasteiger partial charge in [0.15, 0.2) is 0 Å². The lowest BCUT2D eigenvalue weighted by Crippen LogP contribution is -2.18. The minimum absolute atomic E-state index is 0.000704. The van der Waals surface area contributed by atoms with Gasteiger partial charge in [0.2, 0.25) is 0 Å². The van der Waals surface area contributed by atoms with Crippen LogP contribution in [0.25, 0.3) is 0 Å². The van der Waals surface area contributed by atoms with Gasteiger partial charge in [-0.3, -0.25) is 9.59 Å². The lowest BCUT2D eigenvalue weighted by atomic mass is 10.1. The predicted octanol–water partition coefficient (Wildman–Crippen LogP) is 8.38. The molecule has 0 spiro atoms. The summed E-state index contributed by atoms with van der Waals surface area (Å²) < 4.78 is 5.67. The van der Waals surface area contributed by atoms with Crippen LogP contribution in [0.5, 0.6) is 0 Å². The van der Waals surface area contributed by atoms with E-state index < -0.39 is 5.97 Å². The predicted molar refractivity (Wildman–Crippen MR) is 130 cm³/mol. The molecule has 31 heavy (non-hydrogen) atoms. The molecule has 1 atom stereocenters. The molecule has 0 fully saturated rings. The largest absolute Gasteiger partial charge is 0.481 e. The van der Waals surface area contributed by atoms with E-state index in [0.717, 1.165) is 44.9 Å². The van der Waals surface area contributed by atoms with Crippen molar-refractivity contribution in [2.24, 2.45) is 0 Å². The molecule has 4 nitrogen and oxygen atoms in total. The summed E-state index contributed by atoms with van der Waals surface area (Å²) in [4.78, 5) is 22.7. The molecule has 4 heteroatoms. The number of rotatable bonds is 23. The molecular weight excluding hydrogens is 388 g/mol. The number of carboxylic acids is 1. The number of ether oxygens (including phenoxy) is 1. The molecule has 0 rings (SSSR count). The standard InChI is InChI=1S/C27H50O4/c1-3-5-6-7-8-9-10-11-12-13-14-15-16-20-24-27(30)31-25(21-4-2)22-18-17-19-23-26(28)29/h10-11,25H,3-9,12-24H2,1-2H3,(H,28,29)/b11-10-. The van der Waals surface area contributed by atoms with Gasteiger partial charge in [0.1, 0.15) is 6.10 Å². The van der Waals surface area contributed by atoms with Gasteiger partial charge >= 0.3 is 11.9 Å². The quantitative estimate of drug-likeness (QED) is 0.0988. The fraction of sp³-hybridized carbons (Fsp3) is 0.852. The highest BCUT2D eigenvalue weighted by Crippen LogP contribution is 2.15. The van der Waals surface area contributed by atoms with Gasteiger partial charge in [-0.05, 0) is 57.8 Å². The summed E-state index contributed by atoms with van der Waals surface area (Å²) in [6.07, 6.45) is 25.6. The third-order valence-electron chi connectivity index (χ3n) is 5.72. The minimum Gasteiger partial charge on any atom is -0.481 e. The Morgan fingerprint density at radius 3 is 1.84 bits per heavy atom. The molecule has 0 aliphatic rings. The third kappa shape index (κ3) is 23.2. The Balaban J connectivity index is 3.59. The van der Waals surface area contributed by atoms with Crippen molar-refractivity contribution in [3.63, 3.8) is 0 Å². The Kier molecular flexibility index (Phi) is 22.4. The number of carboxylic acid groups (broad SMARTS) is 1. The zero-order valence-electron chi connectivity index (χ0n) is 20.5. The molecule has 0 aromatic rings. The normalized spacial score (nSPS) is 12.3. The van der Waals surface area contributed by atoms with Crippen LogP contribution in [0.15, 0.2) is 12.2 Å². The second-order valence-corrected chi connectivity index (χ2v) is 8.87. The van der Waals surface area contributed by atoms with E-state index in [0.29, 0.717) is 12.8 Å².